The average Bonchev–Trinajstić information content (AvgIpc) is 2.69. The Morgan fingerprint density at radius 2 is 1.72 bits per heavy atom. The van der Waals surface area contributed by atoms with Crippen molar-refractivity contribution in [3.8, 4) is 0 Å². The van der Waals surface area contributed by atoms with Crippen LogP contribution >= 0.6 is 11.6 Å². The zero-order chi connectivity index (χ0) is 20.6. The number of rotatable bonds is 4. The van der Waals surface area contributed by atoms with Crippen LogP contribution in [0.1, 0.15) is 11.3 Å². The second-order valence-corrected chi connectivity index (χ2v) is 9.53. The summed E-state index contributed by atoms with van der Waals surface area (Å²) >= 11 is 5.85. The van der Waals surface area contributed by atoms with E-state index in [1.54, 1.807) is 24.4 Å². The molecule has 3 heterocycles. The van der Waals surface area contributed by atoms with E-state index in [9.17, 15) is 13.2 Å². The standard InChI is InChI=1S/C20H21ClN4O3S/c1-15-2-7-19-22-17(12-20(26)25(19)13-15)14-23-8-10-24(11-9-23)29(27,28)18-5-3-16(21)4-6-18/h2-7,12-13H,8-11,14H2,1H3. The van der Waals surface area contributed by atoms with Gasteiger partial charge in [0.05, 0.1) is 10.6 Å². The fourth-order valence-corrected chi connectivity index (χ4v) is 5.00. The van der Waals surface area contributed by atoms with Crippen molar-refractivity contribution in [3.05, 3.63) is 75.3 Å². The number of aryl methyl sites for hydroxylation is 1. The summed E-state index contributed by atoms with van der Waals surface area (Å²) in [5.74, 6) is 0. The van der Waals surface area contributed by atoms with Crippen LogP contribution in [-0.2, 0) is 16.6 Å². The molecule has 0 spiro atoms. The van der Waals surface area contributed by atoms with Crippen molar-refractivity contribution in [1.29, 1.82) is 0 Å². The molecule has 7 nitrogen and oxygen atoms in total. The van der Waals surface area contributed by atoms with Gasteiger partial charge in [0.25, 0.3) is 5.56 Å². The van der Waals surface area contributed by atoms with E-state index in [1.807, 2.05) is 19.1 Å². The molecule has 29 heavy (non-hydrogen) atoms. The van der Waals surface area contributed by atoms with E-state index < -0.39 is 10.0 Å². The largest absolute Gasteiger partial charge is 0.295 e. The number of hydrogen-bond acceptors (Lipinski definition) is 5. The lowest BCUT2D eigenvalue weighted by atomic mass is 10.3. The molecule has 0 saturated carbocycles. The number of pyridine rings is 1. The fraction of sp³-hybridized carbons (Fsp3) is 0.300. The Hall–Kier alpha value is -2.26. The van der Waals surface area contributed by atoms with Gasteiger partial charge in [0.1, 0.15) is 5.65 Å². The second kappa shape index (κ2) is 7.87. The van der Waals surface area contributed by atoms with Crippen LogP contribution in [0.15, 0.2) is 58.4 Å². The molecule has 1 aliphatic rings. The van der Waals surface area contributed by atoms with Crippen LogP contribution in [0, 0.1) is 6.92 Å². The van der Waals surface area contributed by atoms with Gasteiger partial charge < -0.3 is 0 Å². The van der Waals surface area contributed by atoms with Gasteiger partial charge in [-0.1, -0.05) is 17.7 Å². The topological polar surface area (TPSA) is 75.0 Å². The highest BCUT2D eigenvalue weighted by atomic mass is 35.5. The SMILES string of the molecule is Cc1ccc2nc(CN3CCN(S(=O)(=O)c4ccc(Cl)cc4)CC3)cc(=O)n2c1. The van der Waals surface area contributed by atoms with Crippen molar-refractivity contribution >= 4 is 27.3 Å². The fourth-order valence-electron chi connectivity index (χ4n) is 3.45. The van der Waals surface area contributed by atoms with Gasteiger partial charge in [0, 0.05) is 50.0 Å². The Morgan fingerprint density at radius 1 is 1.03 bits per heavy atom. The number of fused-ring (bicyclic) bond motifs is 1. The van der Waals surface area contributed by atoms with Gasteiger partial charge in [-0.15, -0.1) is 0 Å². The average molecular weight is 433 g/mol. The number of halogens is 1. The van der Waals surface area contributed by atoms with Crippen molar-refractivity contribution < 1.29 is 8.42 Å². The summed E-state index contributed by atoms with van der Waals surface area (Å²) in [6.45, 7) is 4.35. The van der Waals surface area contributed by atoms with E-state index in [1.165, 1.54) is 20.8 Å². The predicted octanol–water partition coefficient (Wildman–Crippen LogP) is 2.16. The van der Waals surface area contributed by atoms with Gasteiger partial charge in [0.15, 0.2) is 0 Å². The molecule has 0 bridgehead atoms. The van der Waals surface area contributed by atoms with Crippen molar-refractivity contribution in [1.82, 2.24) is 18.6 Å². The molecule has 0 aliphatic carbocycles. The summed E-state index contributed by atoms with van der Waals surface area (Å²) in [5.41, 5.74) is 2.18. The third kappa shape index (κ3) is 4.20. The van der Waals surface area contributed by atoms with Gasteiger partial charge in [-0.25, -0.2) is 13.4 Å². The molecule has 0 radical (unpaired) electrons. The Morgan fingerprint density at radius 3 is 2.41 bits per heavy atom. The summed E-state index contributed by atoms with van der Waals surface area (Å²) in [6.07, 6.45) is 1.77. The van der Waals surface area contributed by atoms with E-state index in [0.717, 1.165) is 5.56 Å². The molecule has 152 valence electrons. The Bertz CT molecular complexity index is 1200. The van der Waals surface area contributed by atoms with Crippen molar-refractivity contribution in [2.45, 2.75) is 18.4 Å². The first kappa shape index (κ1) is 20.0. The monoisotopic (exact) mass is 432 g/mol. The number of piperazine rings is 1. The van der Waals surface area contributed by atoms with Gasteiger partial charge in [-0.3, -0.25) is 14.1 Å². The van der Waals surface area contributed by atoms with Crippen LogP contribution in [0.3, 0.4) is 0 Å². The molecule has 0 amide bonds. The third-order valence-corrected chi connectivity index (χ3v) is 7.19. The van der Waals surface area contributed by atoms with Gasteiger partial charge in [-0.05, 0) is 42.8 Å². The highest BCUT2D eigenvalue weighted by Gasteiger charge is 2.28. The second-order valence-electron chi connectivity index (χ2n) is 7.15. The molecule has 1 saturated heterocycles. The zero-order valence-electron chi connectivity index (χ0n) is 16.0. The lowest BCUT2D eigenvalue weighted by Gasteiger charge is -2.33. The molecule has 1 aliphatic heterocycles. The van der Waals surface area contributed by atoms with Crippen LogP contribution in [0.5, 0.6) is 0 Å². The molecular weight excluding hydrogens is 412 g/mol. The summed E-state index contributed by atoms with van der Waals surface area (Å²) in [6, 6.07) is 11.5. The molecular formula is C20H21ClN4O3S. The summed E-state index contributed by atoms with van der Waals surface area (Å²) < 4.78 is 28.6. The molecule has 0 atom stereocenters. The van der Waals surface area contributed by atoms with E-state index >= 15 is 0 Å². The van der Waals surface area contributed by atoms with Crippen LogP contribution < -0.4 is 5.56 Å². The van der Waals surface area contributed by atoms with Gasteiger partial charge >= 0.3 is 0 Å². The molecule has 0 unspecified atom stereocenters. The number of benzene rings is 1. The maximum absolute atomic E-state index is 12.8. The summed E-state index contributed by atoms with van der Waals surface area (Å²) in [4.78, 5) is 19.3. The van der Waals surface area contributed by atoms with E-state index in [4.69, 9.17) is 11.6 Å². The molecule has 1 fully saturated rings. The van der Waals surface area contributed by atoms with Crippen LogP contribution in [0.25, 0.3) is 5.65 Å². The lowest BCUT2D eigenvalue weighted by molar-refractivity contribution is 0.180. The summed E-state index contributed by atoms with van der Waals surface area (Å²) in [7, 11) is -3.54. The molecule has 4 rings (SSSR count). The summed E-state index contributed by atoms with van der Waals surface area (Å²) in [5, 5.41) is 0.503. The number of nitrogens with zero attached hydrogens (tertiary/aromatic N) is 4. The Balaban J connectivity index is 1.45. The Labute approximate surface area is 174 Å². The maximum atomic E-state index is 12.8. The van der Waals surface area contributed by atoms with Crippen LogP contribution in [0.2, 0.25) is 5.02 Å². The maximum Gasteiger partial charge on any atom is 0.258 e. The van der Waals surface area contributed by atoms with Crippen molar-refractivity contribution in [2.24, 2.45) is 0 Å². The smallest absolute Gasteiger partial charge is 0.258 e. The first-order chi connectivity index (χ1) is 13.8. The van der Waals surface area contributed by atoms with Crippen molar-refractivity contribution in [2.75, 3.05) is 26.2 Å². The number of hydrogen-bond donors (Lipinski definition) is 0. The van der Waals surface area contributed by atoms with Crippen LogP contribution in [0.4, 0.5) is 0 Å². The number of aromatic nitrogens is 2. The molecule has 3 aromatic rings. The third-order valence-electron chi connectivity index (χ3n) is 5.03. The molecule has 2 aromatic heterocycles. The Kier molecular flexibility index (Phi) is 5.44. The normalized spacial score (nSPS) is 16.3. The first-order valence-electron chi connectivity index (χ1n) is 9.30. The first-order valence-corrected chi connectivity index (χ1v) is 11.1. The number of sulfonamides is 1. The van der Waals surface area contributed by atoms with Crippen LogP contribution in [-0.4, -0.2) is 53.2 Å². The van der Waals surface area contributed by atoms with Gasteiger partial charge in [-0.2, -0.15) is 4.31 Å². The van der Waals surface area contributed by atoms with Crippen molar-refractivity contribution in [3.63, 3.8) is 0 Å². The molecule has 1 aromatic carbocycles. The zero-order valence-corrected chi connectivity index (χ0v) is 17.5. The highest BCUT2D eigenvalue weighted by Crippen LogP contribution is 2.20. The minimum atomic E-state index is -3.54. The predicted molar refractivity (Wildman–Crippen MR) is 112 cm³/mol. The van der Waals surface area contributed by atoms with Gasteiger partial charge in [0.2, 0.25) is 10.0 Å². The highest BCUT2D eigenvalue weighted by molar-refractivity contribution is 7.89. The van der Waals surface area contributed by atoms with E-state index in [-0.39, 0.29) is 10.5 Å². The van der Waals surface area contributed by atoms with E-state index in [0.29, 0.717) is 49.1 Å². The quantitative estimate of drug-likeness (QED) is 0.631. The molecule has 0 N–H and O–H groups in total. The van der Waals surface area contributed by atoms with E-state index in [2.05, 4.69) is 9.88 Å². The minimum Gasteiger partial charge on any atom is -0.295 e. The molecule has 9 heteroatoms. The lowest BCUT2D eigenvalue weighted by Crippen LogP contribution is -2.48. The minimum absolute atomic E-state index is 0.113.